The van der Waals surface area contributed by atoms with Gasteiger partial charge in [-0.3, -0.25) is 10.1 Å². The minimum atomic E-state index is -0.440. The van der Waals surface area contributed by atoms with Gasteiger partial charge < -0.3 is 0 Å². The topological polar surface area (TPSA) is 84.7 Å². The number of para-hydroxylation sites is 1. The van der Waals surface area contributed by atoms with Crippen molar-refractivity contribution in [2.24, 2.45) is 0 Å². The number of hydrogen-bond acceptors (Lipinski definition) is 4. The lowest BCUT2D eigenvalue weighted by Gasteiger charge is -1.96. The first-order chi connectivity index (χ1) is 6.79. The molecule has 0 saturated carbocycles. The van der Waals surface area contributed by atoms with Gasteiger partial charge in [-0.05, 0) is 6.07 Å². The fourth-order valence-electron chi connectivity index (χ4n) is 1.18. The van der Waals surface area contributed by atoms with Crippen LogP contribution in [0.25, 0.3) is 11.3 Å². The number of H-pyrrole nitrogens is 1. The molecule has 0 aliphatic carbocycles. The molecule has 2 rings (SSSR count). The van der Waals surface area contributed by atoms with Crippen LogP contribution in [0.5, 0.6) is 0 Å². The Bertz CT molecular complexity index is 452. The number of aromatic nitrogens is 3. The maximum atomic E-state index is 10.7. The number of benzene rings is 1. The molecule has 1 aromatic carbocycles. The number of nitrogens with one attached hydrogen (secondary N) is 1. The van der Waals surface area contributed by atoms with Crippen LogP contribution in [-0.2, 0) is 0 Å². The molecular weight excluding hydrogens is 184 g/mol. The van der Waals surface area contributed by atoms with Crippen molar-refractivity contribution in [1.29, 1.82) is 0 Å². The lowest BCUT2D eigenvalue weighted by molar-refractivity contribution is -0.384. The van der Waals surface area contributed by atoms with E-state index in [9.17, 15) is 10.1 Å². The molecule has 1 N–H and O–H groups in total. The van der Waals surface area contributed by atoms with E-state index in [4.69, 9.17) is 0 Å². The maximum Gasteiger partial charge on any atom is 0.278 e. The van der Waals surface area contributed by atoms with Crippen LogP contribution in [-0.4, -0.2) is 20.3 Å². The highest BCUT2D eigenvalue weighted by molar-refractivity contribution is 5.69. The van der Waals surface area contributed by atoms with E-state index in [0.29, 0.717) is 11.3 Å². The van der Waals surface area contributed by atoms with Crippen LogP contribution in [0.1, 0.15) is 0 Å². The Balaban J connectivity index is 2.58. The molecule has 0 fully saturated rings. The van der Waals surface area contributed by atoms with Crippen LogP contribution in [0.4, 0.5) is 5.69 Å². The molecule has 0 aliphatic rings. The van der Waals surface area contributed by atoms with Crippen molar-refractivity contribution in [2.45, 2.75) is 0 Å². The van der Waals surface area contributed by atoms with Crippen LogP contribution in [0.15, 0.2) is 30.5 Å². The largest absolute Gasteiger partial charge is 0.278 e. The van der Waals surface area contributed by atoms with E-state index in [1.54, 1.807) is 18.2 Å². The minimum absolute atomic E-state index is 0.0291. The Labute approximate surface area is 78.7 Å². The molecule has 0 saturated heterocycles. The molecule has 0 amide bonds. The standard InChI is InChI=1S/C8H6N4O2/c13-12(14)8-4-2-1-3-6(8)7-5-9-11-10-7/h1-5H,(H,9,10,11). The number of nitro groups is 1. The number of rotatable bonds is 2. The number of nitro benzene ring substituents is 1. The average molecular weight is 190 g/mol. The van der Waals surface area contributed by atoms with Gasteiger partial charge in [-0.1, -0.05) is 12.1 Å². The lowest BCUT2D eigenvalue weighted by atomic mass is 10.1. The van der Waals surface area contributed by atoms with Crippen LogP contribution < -0.4 is 0 Å². The quantitative estimate of drug-likeness (QED) is 0.572. The number of aromatic amines is 1. The van der Waals surface area contributed by atoms with Crippen molar-refractivity contribution in [3.8, 4) is 11.3 Å². The van der Waals surface area contributed by atoms with Gasteiger partial charge in [0.25, 0.3) is 5.69 Å². The first-order valence-corrected chi connectivity index (χ1v) is 3.88. The molecule has 0 spiro atoms. The molecule has 0 radical (unpaired) electrons. The van der Waals surface area contributed by atoms with E-state index >= 15 is 0 Å². The normalized spacial score (nSPS) is 10.0. The second-order valence-corrected chi connectivity index (χ2v) is 2.63. The minimum Gasteiger partial charge on any atom is -0.258 e. The van der Waals surface area contributed by atoms with Gasteiger partial charge in [-0.2, -0.15) is 15.4 Å². The van der Waals surface area contributed by atoms with Crippen molar-refractivity contribution >= 4 is 5.69 Å². The van der Waals surface area contributed by atoms with Crippen LogP contribution in [0.3, 0.4) is 0 Å². The Morgan fingerprint density at radius 1 is 1.36 bits per heavy atom. The molecule has 0 aliphatic heterocycles. The third-order valence-corrected chi connectivity index (χ3v) is 1.79. The van der Waals surface area contributed by atoms with E-state index in [0.717, 1.165) is 0 Å². The molecule has 6 nitrogen and oxygen atoms in total. The van der Waals surface area contributed by atoms with Crippen molar-refractivity contribution in [3.63, 3.8) is 0 Å². The van der Waals surface area contributed by atoms with E-state index in [1.165, 1.54) is 12.3 Å². The maximum absolute atomic E-state index is 10.7. The summed E-state index contributed by atoms with van der Waals surface area (Å²) in [5.41, 5.74) is 0.963. The highest BCUT2D eigenvalue weighted by Gasteiger charge is 2.15. The summed E-state index contributed by atoms with van der Waals surface area (Å²) in [6.45, 7) is 0. The van der Waals surface area contributed by atoms with Crippen molar-refractivity contribution < 1.29 is 4.92 Å². The summed E-state index contributed by atoms with van der Waals surface area (Å²) in [5.74, 6) is 0. The van der Waals surface area contributed by atoms with Gasteiger partial charge in [0.15, 0.2) is 0 Å². The molecule has 1 aromatic heterocycles. The SMILES string of the molecule is O=[N+]([O-])c1ccccc1-c1cn[nH]n1. The smallest absolute Gasteiger partial charge is 0.258 e. The summed E-state index contributed by atoms with van der Waals surface area (Å²) in [6, 6.07) is 6.40. The van der Waals surface area contributed by atoms with E-state index in [2.05, 4.69) is 15.4 Å². The molecule has 0 atom stereocenters. The Morgan fingerprint density at radius 2 is 2.14 bits per heavy atom. The van der Waals surface area contributed by atoms with Crippen molar-refractivity contribution in [1.82, 2.24) is 15.4 Å². The average Bonchev–Trinajstić information content (AvgIpc) is 2.70. The van der Waals surface area contributed by atoms with E-state index < -0.39 is 4.92 Å². The van der Waals surface area contributed by atoms with Gasteiger partial charge in [0.05, 0.1) is 16.7 Å². The first kappa shape index (κ1) is 8.36. The Hall–Kier alpha value is -2.24. The van der Waals surface area contributed by atoms with Gasteiger partial charge in [-0.25, -0.2) is 0 Å². The molecule has 70 valence electrons. The highest BCUT2D eigenvalue weighted by Crippen LogP contribution is 2.26. The predicted octanol–water partition coefficient (Wildman–Crippen LogP) is 1.38. The van der Waals surface area contributed by atoms with E-state index in [1.807, 2.05) is 0 Å². The fraction of sp³-hybridized carbons (Fsp3) is 0. The molecule has 0 bridgehead atoms. The van der Waals surface area contributed by atoms with Gasteiger partial charge in [0.1, 0.15) is 5.69 Å². The van der Waals surface area contributed by atoms with Crippen LogP contribution in [0.2, 0.25) is 0 Å². The van der Waals surface area contributed by atoms with Crippen LogP contribution >= 0.6 is 0 Å². The summed E-state index contributed by atoms with van der Waals surface area (Å²) < 4.78 is 0. The van der Waals surface area contributed by atoms with Crippen LogP contribution in [0, 0.1) is 10.1 Å². The first-order valence-electron chi connectivity index (χ1n) is 3.88. The second-order valence-electron chi connectivity index (χ2n) is 2.63. The van der Waals surface area contributed by atoms with Gasteiger partial charge in [-0.15, -0.1) is 0 Å². The summed E-state index contributed by atoms with van der Waals surface area (Å²) in [7, 11) is 0. The summed E-state index contributed by atoms with van der Waals surface area (Å²) in [4.78, 5) is 10.2. The molecule has 2 aromatic rings. The Kier molecular flexibility index (Phi) is 1.94. The van der Waals surface area contributed by atoms with E-state index in [-0.39, 0.29) is 5.69 Å². The molecular formula is C8H6N4O2. The predicted molar refractivity (Wildman–Crippen MR) is 48.5 cm³/mol. The monoisotopic (exact) mass is 190 g/mol. The summed E-state index contributed by atoms with van der Waals surface area (Å²) in [5, 5.41) is 20.5. The zero-order valence-corrected chi connectivity index (χ0v) is 7.04. The fourth-order valence-corrected chi connectivity index (χ4v) is 1.18. The third-order valence-electron chi connectivity index (χ3n) is 1.79. The second kappa shape index (κ2) is 3.25. The van der Waals surface area contributed by atoms with Gasteiger partial charge in [0, 0.05) is 6.07 Å². The third kappa shape index (κ3) is 1.33. The van der Waals surface area contributed by atoms with Gasteiger partial charge in [0.2, 0.25) is 0 Å². The molecule has 1 heterocycles. The van der Waals surface area contributed by atoms with Gasteiger partial charge >= 0.3 is 0 Å². The zero-order chi connectivity index (χ0) is 9.97. The molecule has 6 heteroatoms. The van der Waals surface area contributed by atoms with Crippen molar-refractivity contribution in [3.05, 3.63) is 40.6 Å². The zero-order valence-electron chi connectivity index (χ0n) is 7.04. The highest BCUT2D eigenvalue weighted by atomic mass is 16.6. The number of hydrogen-bond donors (Lipinski definition) is 1. The summed E-state index contributed by atoms with van der Waals surface area (Å²) >= 11 is 0. The number of nitrogens with zero attached hydrogens (tertiary/aromatic N) is 3. The molecule has 14 heavy (non-hydrogen) atoms. The Morgan fingerprint density at radius 3 is 2.79 bits per heavy atom. The lowest BCUT2D eigenvalue weighted by Crippen LogP contribution is -1.91. The molecule has 0 unspecified atom stereocenters. The van der Waals surface area contributed by atoms with Crippen molar-refractivity contribution in [2.75, 3.05) is 0 Å². The summed E-state index contributed by atoms with van der Waals surface area (Å²) in [6.07, 6.45) is 1.45.